The van der Waals surface area contributed by atoms with Crippen LogP contribution in [0.2, 0.25) is 0 Å². The van der Waals surface area contributed by atoms with Crippen molar-refractivity contribution in [3.63, 3.8) is 0 Å². The van der Waals surface area contributed by atoms with Crippen LogP contribution in [0.25, 0.3) is 0 Å². The second kappa shape index (κ2) is 5.69. The summed E-state index contributed by atoms with van der Waals surface area (Å²) in [7, 11) is 1.72. The molecule has 0 radical (unpaired) electrons. The third-order valence-corrected chi connectivity index (χ3v) is 3.12. The van der Waals surface area contributed by atoms with Gasteiger partial charge in [-0.1, -0.05) is 0 Å². The first-order valence-corrected chi connectivity index (χ1v) is 5.69. The summed E-state index contributed by atoms with van der Waals surface area (Å²) in [5.41, 5.74) is -0.561. The van der Waals surface area contributed by atoms with Crippen molar-refractivity contribution in [1.29, 1.82) is 5.26 Å². The van der Waals surface area contributed by atoms with Gasteiger partial charge < -0.3 is 10.1 Å². The molecule has 1 fully saturated rings. The third-order valence-electron chi connectivity index (χ3n) is 3.12. The van der Waals surface area contributed by atoms with Crippen molar-refractivity contribution in [2.24, 2.45) is 0 Å². The molecule has 0 aromatic rings. The van der Waals surface area contributed by atoms with Gasteiger partial charge in [-0.3, -0.25) is 0 Å². The molecule has 17 heavy (non-hydrogen) atoms. The standard InChI is InChI=1S/C11H17F3N2O/c1-16-10(8-15)5-3-9(7-10)17-6-2-4-11(12,13)14/h9,16H,2-7H2,1H3. The Bertz CT molecular complexity index is 287. The number of alkyl halides is 3. The molecular weight excluding hydrogens is 233 g/mol. The molecule has 1 rings (SSSR count). The summed E-state index contributed by atoms with van der Waals surface area (Å²) in [5.74, 6) is 0. The Hall–Kier alpha value is -0.800. The summed E-state index contributed by atoms with van der Waals surface area (Å²) in [4.78, 5) is 0. The first-order chi connectivity index (χ1) is 7.91. The summed E-state index contributed by atoms with van der Waals surface area (Å²) < 4.78 is 41.0. The van der Waals surface area contributed by atoms with Gasteiger partial charge in [0.15, 0.2) is 0 Å². The highest BCUT2D eigenvalue weighted by molar-refractivity contribution is 5.11. The van der Waals surface area contributed by atoms with Crippen LogP contribution in [0.4, 0.5) is 13.2 Å². The van der Waals surface area contributed by atoms with Gasteiger partial charge in [0.25, 0.3) is 0 Å². The fourth-order valence-corrected chi connectivity index (χ4v) is 2.05. The van der Waals surface area contributed by atoms with Crippen molar-refractivity contribution in [2.75, 3.05) is 13.7 Å². The van der Waals surface area contributed by atoms with Crippen LogP contribution in [0.3, 0.4) is 0 Å². The van der Waals surface area contributed by atoms with Crippen molar-refractivity contribution in [3.05, 3.63) is 0 Å². The maximum absolute atomic E-state index is 11.9. The number of nitrogens with zero attached hydrogens (tertiary/aromatic N) is 1. The molecule has 1 aliphatic rings. The molecule has 1 aliphatic carbocycles. The zero-order valence-electron chi connectivity index (χ0n) is 9.81. The molecule has 0 bridgehead atoms. The maximum Gasteiger partial charge on any atom is 0.389 e. The summed E-state index contributed by atoms with van der Waals surface area (Å²) >= 11 is 0. The third kappa shape index (κ3) is 4.52. The van der Waals surface area contributed by atoms with Crippen LogP contribution in [0, 0.1) is 11.3 Å². The van der Waals surface area contributed by atoms with Gasteiger partial charge in [0.05, 0.1) is 12.2 Å². The molecule has 0 saturated heterocycles. The fraction of sp³-hybridized carbons (Fsp3) is 0.909. The second-order valence-electron chi connectivity index (χ2n) is 4.40. The van der Waals surface area contributed by atoms with Crippen molar-refractivity contribution in [1.82, 2.24) is 5.32 Å². The normalized spacial score (nSPS) is 29.2. The summed E-state index contributed by atoms with van der Waals surface area (Å²) in [6.45, 7) is 0.107. The Morgan fingerprint density at radius 2 is 2.24 bits per heavy atom. The minimum absolute atomic E-state index is 0.0148. The molecule has 6 heteroatoms. The molecule has 0 spiro atoms. The average molecular weight is 250 g/mol. The van der Waals surface area contributed by atoms with E-state index in [0.29, 0.717) is 12.8 Å². The van der Waals surface area contributed by atoms with Crippen LogP contribution in [0.15, 0.2) is 0 Å². The Morgan fingerprint density at radius 3 is 2.71 bits per heavy atom. The van der Waals surface area contributed by atoms with Crippen LogP contribution in [-0.2, 0) is 4.74 Å². The molecule has 0 aliphatic heterocycles. The Morgan fingerprint density at radius 1 is 1.53 bits per heavy atom. The van der Waals surface area contributed by atoms with Crippen molar-refractivity contribution in [3.8, 4) is 6.07 Å². The predicted octanol–water partition coefficient (Wildman–Crippen LogP) is 2.38. The number of hydrogen-bond acceptors (Lipinski definition) is 3. The van der Waals surface area contributed by atoms with E-state index in [0.717, 1.165) is 6.42 Å². The van der Waals surface area contributed by atoms with E-state index >= 15 is 0 Å². The number of hydrogen-bond donors (Lipinski definition) is 1. The fourth-order valence-electron chi connectivity index (χ4n) is 2.05. The van der Waals surface area contributed by atoms with E-state index in [2.05, 4.69) is 11.4 Å². The molecule has 2 unspecified atom stereocenters. The van der Waals surface area contributed by atoms with Crippen LogP contribution in [0.5, 0.6) is 0 Å². The van der Waals surface area contributed by atoms with Crippen LogP contribution in [-0.4, -0.2) is 31.5 Å². The van der Waals surface area contributed by atoms with Gasteiger partial charge in [0.1, 0.15) is 5.54 Å². The number of nitrogens with one attached hydrogen (secondary N) is 1. The number of halogens is 3. The van der Waals surface area contributed by atoms with E-state index in [9.17, 15) is 13.2 Å². The Labute approximate surface area is 98.9 Å². The molecule has 0 aromatic heterocycles. The van der Waals surface area contributed by atoms with Gasteiger partial charge in [-0.05, 0) is 26.3 Å². The zero-order chi connectivity index (χ0) is 12.9. The van der Waals surface area contributed by atoms with Crippen LogP contribution < -0.4 is 5.32 Å². The summed E-state index contributed by atoms with van der Waals surface area (Å²) in [5, 5.41) is 11.9. The highest BCUT2D eigenvalue weighted by Crippen LogP contribution is 2.31. The van der Waals surface area contributed by atoms with E-state index in [1.165, 1.54) is 0 Å². The topological polar surface area (TPSA) is 45.0 Å². The van der Waals surface area contributed by atoms with Gasteiger partial charge in [0.2, 0.25) is 0 Å². The first-order valence-electron chi connectivity index (χ1n) is 5.69. The Kier molecular flexibility index (Phi) is 4.78. The summed E-state index contributed by atoms with van der Waals surface area (Å²) in [6.07, 6.45) is -3.08. The molecular formula is C11H17F3N2O. The van der Waals surface area contributed by atoms with Gasteiger partial charge in [0, 0.05) is 19.4 Å². The molecule has 0 aromatic carbocycles. The highest BCUT2D eigenvalue weighted by atomic mass is 19.4. The van der Waals surface area contributed by atoms with Crippen molar-refractivity contribution < 1.29 is 17.9 Å². The number of nitriles is 1. The minimum atomic E-state index is -4.11. The maximum atomic E-state index is 11.9. The lowest BCUT2D eigenvalue weighted by Crippen LogP contribution is -2.39. The average Bonchev–Trinajstić information content (AvgIpc) is 2.68. The largest absolute Gasteiger partial charge is 0.389 e. The molecule has 1 saturated carbocycles. The van der Waals surface area contributed by atoms with Gasteiger partial charge >= 0.3 is 6.18 Å². The van der Waals surface area contributed by atoms with E-state index in [-0.39, 0.29) is 19.1 Å². The first kappa shape index (κ1) is 14.3. The van der Waals surface area contributed by atoms with Crippen LogP contribution >= 0.6 is 0 Å². The summed E-state index contributed by atoms with van der Waals surface area (Å²) in [6, 6.07) is 2.20. The van der Waals surface area contributed by atoms with Crippen LogP contribution in [0.1, 0.15) is 32.1 Å². The molecule has 0 amide bonds. The predicted molar refractivity (Wildman–Crippen MR) is 56.3 cm³/mol. The monoisotopic (exact) mass is 250 g/mol. The lowest BCUT2D eigenvalue weighted by Gasteiger charge is -2.19. The smallest absolute Gasteiger partial charge is 0.378 e. The second-order valence-corrected chi connectivity index (χ2v) is 4.40. The quantitative estimate of drug-likeness (QED) is 0.762. The van der Waals surface area contributed by atoms with Crippen molar-refractivity contribution in [2.45, 2.75) is 49.9 Å². The van der Waals surface area contributed by atoms with Gasteiger partial charge in [-0.2, -0.15) is 18.4 Å². The van der Waals surface area contributed by atoms with Crippen molar-refractivity contribution >= 4 is 0 Å². The van der Waals surface area contributed by atoms with E-state index in [1.54, 1.807) is 7.05 Å². The Balaban J connectivity index is 2.21. The molecule has 2 atom stereocenters. The zero-order valence-corrected chi connectivity index (χ0v) is 9.81. The highest BCUT2D eigenvalue weighted by Gasteiger charge is 2.38. The van der Waals surface area contributed by atoms with Gasteiger partial charge in [-0.15, -0.1) is 0 Å². The SMILES string of the molecule is CNC1(C#N)CCC(OCCCC(F)(F)F)C1. The van der Waals surface area contributed by atoms with E-state index < -0.39 is 18.1 Å². The van der Waals surface area contributed by atoms with E-state index in [4.69, 9.17) is 10.00 Å². The lowest BCUT2D eigenvalue weighted by atomic mass is 10.0. The lowest BCUT2D eigenvalue weighted by molar-refractivity contribution is -0.138. The molecule has 0 heterocycles. The number of rotatable bonds is 5. The minimum Gasteiger partial charge on any atom is -0.378 e. The number of ether oxygens (including phenoxy) is 1. The van der Waals surface area contributed by atoms with Gasteiger partial charge in [-0.25, -0.2) is 0 Å². The molecule has 98 valence electrons. The molecule has 3 nitrogen and oxygen atoms in total. The molecule has 1 N–H and O–H groups in total. The van der Waals surface area contributed by atoms with E-state index in [1.807, 2.05) is 0 Å².